The number of nitrogens with one attached hydrogen (secondary N) is 2. The van der Waals surface area contributed by atoms with Crippen LogP contribution in [0, 0.1) is 11.6 Å². The highest BCUT2D eigenvalue weighted by atomic mass is 19.1. The average molecular weight is 364 g/mol. The van der Waals surface area contributed by atoms with Gasteiger partial charge in [-0.1, -0.05) is 18.2 Å². The summed E-state index contributed by atoms with van der Waals surface area (Å²) in [5, 5.41) is 2.83. The van der Waals surface area contributed by atoms with Gasteiger partial charge >= 0.3 is 0 Å². The Morgan fingerprint density at radius 1 is 0.926 bits per heavy atom. The van der Waals surface area contributed by atoms with Crippen molar-refractivity contribution in [2.75, 3.05) is 0 Å². The van der Waals surface area contributed by atoms with Crippen LogP contribution >= 0.6 is 0 Å². The van der Waals surface area contributed by atoms with E-state index in [1.807, 2.05) is 28.8 Å². The Balaban J connectivity index is 1.66. The summed E-state index contributed by atoms with van der Waals surface area (Å²) in [7, 11) is 0. The number of benzene rings is 2. The molecule has 0 saturated carbocycles. The van der Waals surface area contributed by atoms with Crippen molar-refractivity contribution < 1.29 is 18.0 Å². The second-order valence-electron chi connectivity index (χ2n) is 6.12. The van der Waals surface area contributed by atoms with E-state index in [-0.39, 0.29) is 24.1 Å². The number of H-pyrrole nitrogens is 1. The van der Waals surface area contributed by atoms with Gasteiger partial charge in [0.1, 0.15) is 11.6 Å². The van der Waals surface area contributed by atoms with Gasteiger partial charge in [0.05, 0.1) is 11.8 Å². The number of nitrogens with zero attached hydrogens (tertiary/aromatic N) is 1. The van der Waals surface area contributed by atoms with Gasteiger partial charge in [-0.05, 0) is 54.1 Å². The van der Waals surface area contributed by atoms with Crippen LogP contribution in [-0.2, 0) is 6.54 Å². The van der Waals surface area contributed by atoms with Crippen LogP contribution in [0.3, 0.4) is 0 Å². The Morgan fingerprint density at radius 2 is 1.59 bits per heavy atom. The van der Waals surface area contributed by atoms with Gasteiger partial charge in [0.2, 0.25) is 5.69 Å². The van der Waals surface area contributed by atoms with Gasteiger partial charge < -0.3 is 5.32 Å². The predicted molar refractivity (Wildman–Crippen MR) is 96.9 cm³/mol. The zero-order valence-electron chi connectivity index (χ0n) is 14.2. The number of aromatic amines is 1. The molecule has 2 aromatic carbocycles. The van der Waals surface area contributed by atoms with Gasteiger partial charge in [-0.15, -0.1) is 0 Å². The highest BCUT2D eigenvalue weighted by Gasteiger charge is 2.24. The molecule has 0 bridgehead atoms. The minimum atomic E-state index is -0.322. The van der Waals surface area contributed by atoms with Crippen LogP contribution in [0.2, 0.25) is 0 Å². The van der Waals surface area contributed by atoms with E-state index < -0.39 is 0 Å². The number of rotatable bonds is 4. The van der Waals surface area contributed by atoms with Crippen molar-refractivity contribution in [2.24, 2.45) is 0 Å². The molecule has 0 aliphatic rings. The number of fused-ring (bicyclic) bond motifs is 1. The average Bonchev–Trinajstić information content (AvgIpc) is 3.08. The molecule has 0 atom stereocenters. The van der Waals surface area contributed by atoms with E-state index in [0.717, 1.165) is 11.1 Å². The van der Waals surface area contributed by atoms with E-state index in [9.17, 15) is 13.6 Å². The maximum absolute atomic E-state index is 13.2. The standard InChI is InChI=1S/C21H15F2N3O/c22-16-8-4-14(5-9-16)13-24-21(27)19-18-3-1-2-12-26(18)20(25-19)15-6-10-17(23)11-7-15/h1-12H,13H2,(H,24,27)/p+1. The van der Waals surface area contributed by atoms with Crippen LogP contribution in [0.1, 0.15) is 16.1 Å². The molecule has 27 heavy (non-hydrogen) atoms. The molecule has 4 rings (SSSR count). The van der Waals surface area contributed by atoms with E-state index in [1.54, 1.807) is 24.3 Å². The first-order chi connectivity index (χ1) is 13.1. The van der Waals surface area contributed by atoms with Crippen LogP contribution in [0.4, 0.5) is 8.78 Å². The Bertz CT molecular complexity index is 1100. The van der Waals surface area contributed by atoms with E-state index in [0.29, 0.717) is 17.0 Å². The number of halogens is 2. The summed E-state index contributed by atoms with van der Waals surface area (Å²) in [6, 6.07) is 17.5. The molecule has 2 aromatic heterocycles. The van der Waals surface area contributed by atoms with Gasteiger partial charge in [0, 0.05) is 6.54 Å². The smallest absolute Gasteiger partial charge is 0.295 e. The van der Waals surface area contributed by atoms with Gasteiger partial charge in [-0.25, -0.2) is 13.8 Å². The van der Waals surface area contributed by atoms with Gasteiger partial charge in [-0.2, -0.15) is 4.40 Å². The van der Waals surface area contributed by atoms with Crippen LogP contribution in [0.15, 0.2) is 72.9 Å². The van der Waals surface area contributed by atoms with Crippen LogP contribution in [0.5, 0.6) is 0 Å². The molecule has 0 spiro atoms. The lowest BCUT2D eigenvalue weighted by Crippen LogP contribution is -2.25. The summed E-state index contributed by atoms with van der Waals surface area (Å²) in [4.78, 5) is 15.8. The molecular formula is C21H16F2N3O+. The summed E-state index contributed by atoms with van der Waals surface area (Å²) in [6.07, 6.45) is 1.83. The topological polar surface area (TPSA) is 49.0 Å². The van der Waals surface area contributed by atoms with Crippen molar-refractivity contribution in [3.8, 4) is 11.4 Å². The summed E-state index contributed by atoms with van der Waals surface area (Å²) in [5.74, 6) is -0.244. The predicted octanol–water partition coefficient (Wildman–Crippen LogP) is 3.63. The number of carbonyl (C=O) groups is 1. The molecule has 0 saturated heterocycles. The van der Waals surface area contributed by atoms with E-state index in [4.69, 9.17) is 0 Å². The van der Waals surface area contributed by atoms with Crippen molar-refractivity contribution in [1.29, 1.82) is 0 Å². The molecule has 0 aliphatic carbocycles. The van der Waals surface area contributed by atoms with Crippen molar-refractivity contribution in [2.45, 2.75) is 6.54 Å². The van der Waals surface area contributed by atoms with Crippen LogP contribution < -0.4 is 9.72 Å². The number of carbonyl (C=O) groups excluding carboxylic acids is 1. The molecule has 1 amide bonds. The molecule has 6 heteroatoms. The number of hydrogen-bond acceptors (Lipinski definition) is 1. The minimum absolute atomic E-state index is 0.281. The van der Waals surface area contributed by atoms with Crippen molar-refractivity contribution in [3.05, 3.63) is 95.8 Å². The number of hydrogen-bond donors (Lipinski definition) is 2. The Hall–Kier alpha value is -3.54. The molecule has 4 nitrogen and oxygen atoms in total. The van der Waals surface area contributed by atoms with Gasteiger partial charge in [-0.3, -0.25) is 4.79 Å². The molecule has 0 unspecified atom stereocenters. The van der Waals surface area contributed by atoms with E-state index in [1.165, 1.54) is 24.3 Å². The number of imidazole rings is 1. The fraction of sp³-hybridized carbons (Fsp3) is 0.0476. The largest absolute Gasteiger partial charge is 0.345 e. The van der Waals surface area contributed by atoms with Crippen molar-refractivity contribution in [3.63, 3.8) is 0 Å². The third-order valence-electron chi connectivity index (χ3n) is 4.31. The fourth-order valence-electron chi connectivity index (χ4n) is 2.95. The first kappa shape index (κ1) is 16.9. The fourth-order valence-corrected chi connectivity index (χ4v) is 2.95. The first-order valence-corrected chi connectivity index (χ1v) is 8.43. The third kappa shape index (κ3) is 3.42. The lowest BCUT2D eigenvalue weighted by Gasteiger charge is -2.02. The van der Waals surface area contributed by atoms with Gasteiger partial charge in [0.15, 0.2) is 5.52 Å². The lowest BCUT2D eigenvalue weighted by molar-refractivity contribution is -0.498. The molecule has 134 valence electrons. The Labute approximate surface area is 154 Å². The molecule has 0 aliphatic heterocycles. The second-order valence-corrected chi connectivity index (χ2v) is 6.12. The summed E-state index contributed by atoms with van der Waals surface area (Å²) < 4.78 is 28.1. The molecule has 4 aromatic rings. The normalized spacial score (nSPS) is 10.9. The maximum Gasteiger partial charge on any atom is 0.295 e. The minimum Gasteiger partial charge on any atom is -0.345 e. The molecule has 2 N–H and O–H groups in total. The second kappa shape index (κ2) is 6.99. The monoisotopic (exact) mass is 364 g/mol. The summed E-state index contributed by atoms with van der Waals surface area (Å²) in [6.45, 7) is 0.281. The number of pyridine rings is 1. The number of amides is 1. The first-order valence-electron chi connectivity index (χ1n) is 8.43. The SMILES string of the molecule is O=C(NCc1ccc(F)cc1)c1[nH]c(-c2ccc(F)cc2)[n+]2ccccc12. The van der Waals surface area contributed by atoms with Crippen LogP contribution in [0.25, 0.3) is 16.9 Å². The van der Waals surface area contributed by atoms with Crippen molar-refractivity contribution >= 4 is 11.4 Å². The van der Waals surface area contributed by atoms with Gasteiger partial charge in [0.25, 0.3) is 11.7 Å². The third-order valence-corrected chi connectivity index (χ3v) is 4.31. The summed E-state index contributed by atoms with van der Waals surface area (Å²) in [5.41, 5.74) is 2.66. The highest BCUT2D eigenvalue weighted by molar-refractivity contribution is 5.98. The van der Waals surface area contributed by atoms with E-state index in [2.05, 4.69) is 10.3 Å². The molecule has 0 radical (unpaired) electrons. The zero-order chi connectivity index (χ0) is 18.8. The number of aromatic nitrogens is 2. The summed E-state index contributed by atoms with van der Waals surface area (Å²) >= 11 is 0. The zero-order valence-corrected chi connectivity index (χ0v) is 14.2. The maximum atomic E-state index is 13.2. The lowest BCUT2D eigenvalue weighted by atomic mass is 10.2. The van der Waals surface area contributed by atoms with Crippen molar-refractivity contribution in [1.82, 2.24) is 10.3 Å². The molecule has 0 fully saturated rings. The molecular weight excluding hydrogens is 348 g/mol. The highest BCUT2D eigenvalue weighted by Crippen LogP contribution is 2.18. The molecule has 2 heterocycles. The van der Waals surface area contributed by atoms with E-state index >= 15 is 0 Å². The Morgan fingerprint density at radius 3 is 2.30 bits per heavy atom. The quantitative estimate of drug-likeness (QED) is 0.534. The van der Waals surface area contributed by atoms with Crippen LogP contribution in [-0.4, -0.2) is 10.9 Å². The Kier molecular flexibility index (Phi) is 4.38.